The minimum Gasteiger partial charge on any atom is -0.376 e. The van der Waals surface area contributed by atoms with E-state index >= 15 is 0 Å². The zero-order valence-electron chi connectivity index (χ0n) is 10.6. The summed E-state index contributed by atoms with van der Waals surface area (Å²) in [5.41, 5.74) is 1.55. The molecule has 1 aromatic heterocycles. The van der Waals surface area contributed by atoms with Crippen LogP contribution < -0.4 is 5.56 Å². The van der Waals surface area contributed by atoms with Crippen LogP contribution in [0.1, 0.15) is 11.7 Å². The van der Waals surface area contributed by atoms with Crippen molar-refractivity contribution < 1.29 is 9.47 Å². The van der Waals surface area contributed by atoms with Gasteiger partial charge in [0.1, 0.15) is 6.10 Å². The summed E-state index contributed by atoms with van der Waals surface area (Å²) in [7, 11) is 1.78. The van der Waals surface area contributed by atoms with Gasteiger partial charge < -0.3 is 14.0 Å². The maximum Gasteiger partial charge on any atom is 0.256 e. The third kappa shape index (κ3) is 2.33. The van der Waals surface area contributed by atoms with Gasteiger partial charge in [0, 0.05) is 17.1 Å². The highest BCUT2D eigenvalue weighted by molar-refractivity contribution is 9.10. The summed E-state index contributed by atoms with van der Waals surface area (Å²) in [6, 6.07) is 7.77. The van der Waals surface area contributed by atoms with Crippen LogP contribution in [0, 0.1) is 0 Å². The van der Waals surface area contributed by atoms with E-state index < -0.39 is 0 Å². The van der Waals surface area contributed by atoms with E-state index in [-0.39, 0.29) is 11.7 Å². The van der Waals surface area contributed by atoms with Crippen molar-refractivity contribution in [3.63, 3.8) is 0 Å². The average molecular weight is 324 g/mol. The Morgan fingerprint density at radius 2 is 2.16 bits per heavy atom. The summed E-state index contributed by atoms with van der Waals surface area (Å²) in [4.78, 5) is 12.4. The molecular formula is C14H14BrNO3. The minimum atomic E-state index is -0.268. The van der Waals surface area contributed by atoms with Crippen LogP contribution in [-0.2, 0) is 16.5 Å². The van der Waals surface area contributed by atoms with E-state index in [9.17, 15) is 4.79 Å². The van der Waals surface area contributed by atoms with Crippen molar-refractivity contribution in [2.24, 2.45) is 7.05 Å². The van der Waals surface area contributed by atoms with Gasteiger partial charge in [0.05, 0.1) is 25.3 Å². The van der Waals surface area contributed by atoms with Crippen molar-refractivity contribution in [3.05, 3.63) is 44.7 Å². The number of ether oxygens (including phenoxy) is 2. The highest BCUT2D eigenvalue weighted by Gasteiger charge is 2.21. The first-order valence-electron chi connectivity index (χ1n) is 6.15. The first-order valence-corrected chi connectivity index (χ1v) is 6.94. The van der Waals surface area contributed by atoms with E-state index in [1.165, 1.54) is 0 Å². The lowest BCUT2D eigenvalue weighted by molar-refractivity contribution is -0.0907. The molecule has 4 nitrogen and oxygen atoms in total. The molecule has 1 aromatic carbocycles. The van der Waals surface area contributed by atoms with Gasteiger partial charge in [-0.05, 0) is 29.7 Å². The molecule has 1 aliphatic heterocycles. The third-order valence-corrected chi connectivity index (χ3v) is 3.87. The van der Waals surface area contributed by atoms with Gasteiger partial charge in [-0.1, -0.05) is 15.9 Å². The fourth-order valence-electron chi connectivity index (χ4n) is 2.38. The maximum absolute atomic E-state index is 12.4. The van der Waals surface area contributed by atoms with Gasteiger partial charge in [0.15, 0.2) is 0 Å². The Morgan fingerprint density at radius 1 is 1.32 bits per heavy atom. The molecule has 1 saturated heterocycles. The summed E-state index contributed by atoms with van der Waals surface area (Å²) in [6.45, 7) is 1.56. The van der Waals surface area contributed by atoms with Crippen molar-refractivity contribution in [3.8, 4) is 0 Å². The third-order valence-electron chi connectivity index (χ3n) is 3.38. The second-order valence-corrected chi connectivity index (χ2v) is 5.52. The molecule has 3 rings (SSSR count). The van der Waals surface area contributed by atoms with Gasteiger partial charge in [-0.3, -0.25) is 4.79 Å². The molecule has 1 fully saturated rings. The van der Waals surface area contributed by atoms with E-state index in [2.05, 4.69) is 15.9 Å². The van der Waals surface area contributed by atoms with Gasteiger partial charge in [0.2, 0.25) is 0 Å². The molecule has 1 aliphatic rings. The largest absolute Gasteiger partial charge is 0.376 e. The Balaban J connectivity index is 2.19. The number of benzene rings is 1. The summed E-state index contributed by atoms with van der Waals surface area (Å²) < 4.78 is 13.7. The molecule has 2 aromatic rings. The summed E-state index contributed by atoms with van der Waals surface area (Å²) in [5, 5.41) is 1.01. The Labute approximate surface area is 119 Å². The van der Waals surface area contributed by atoms with Gasteiger partial charge in [-0.2, -0.15) is 0 Å². The van der Waals surface area contributed by atoms with Gasteiger partial charge >= 0.3 is 0 Å². The molecule has 0 N–H and O–H groups in total. The number of rotatable bonds is 1. The molecular weight excluding hydrogens is 310 g/mol. The SMILES string of the molecule is Cn1c(=O)c(C2COCCO2)cc2cc(Br)ccc21. The fourth-order valence-corrected chi connectivity index (χ4v) is 2.76. The molecule has 0 aliphatic carbocycles. The van der Waals surface area contributed by atoms with Crippen LogP contribution in [0.2, 0.25) is 0 Å². The van der Waals surface area contributed by atoms with Crippen LogP contribution >= 0.6 is 15.9 Å². The lowest BCUT2D eigenvalue weighted by Crippen LogP contribution is -2.30. The van der Waals surface area contributed by atoms with Crippen LogP contribution in [0.4, 0.5) is 0 Å². The van der Waals surface area contributed by atoms with Crippen molar-refractivity contribution in [1.29, 1.82) is 0 Å². The topological polar surface area (TPSA) is 40.5 Å². The monoisotopic (exact) mass is 323 g/mol. The van der Waals surface area contributed by atoms with Crippen molar-refractivity contribution >= 4 is 26.8 Å². The second-order valence-electron chi connectivity index (χ2n) is 4.60. The Bertz CT molecular complexity index is 674. The number of aryl methyl sites for hydroxylation is 1. The van der Waals surface area contributed by atoms with Crippen molar-refractivity contribution in [1.82, 2.24) is 4.57 Å². The highest BCUT2D eigenvalue weighted by Crippen LogP contribution is 2.23. The molecule has 0 bridgehead atoms. The number of hydrogen-bond acceptors (Lipinski definition) is 3. The highest BCUT2D eigenvalue weighted by atomic mass is 79.9. The number of halogens is 1. The fraction of sp³-hybridized carbons (Fsp3) is 0.357. The molecule has 0 amide bonds. The molecule has 0 radical (unpaired) electrons. The molecule has 0 spiro atoms. The number of nitrogens with zero attached hydrogens (tertiary/aromatic N) is 1. The van der Waals surface area contributed by atoms with Crippen LogP contribution in [0.3, 0.4) is 0 Å². The second kappa shape index (κ2) is 5.07. The quantitative estimate of drug-likeness (QED) is 0.809. The van der Waals surface area contributed by atoms with Gasteiger partial charge in [0.25, 0.3) is 5.56 Å². The minimum absolute atomic E-state index is 0.0228. The summed E-state index contributed by atoms with van der Waals surface area (Å²) in [5.74, 6) is 0. The van der Waals surface area contributed by atoms with Crippen LogP contribution in [0.25, 0.3) is 10.9 Å². The number of hydrogen-bond donors (Lipinski definition) is 0. The predicted octanol–water partition coefficient (Wildman–Crippen LogP) is 2.39. The van der Waals surface area contributed by atoms with Gasteiger partial charge in [-0.25, -0.2) is 0 Å². The number of aromatic nitrogens is 1. The molecule has 1 atom stereocenters. The predicted molar refractivity (Wildman–Crippen MR) is 76.4 cm³/mol. The first-order chi connectivity index (χ1) is 9.16. The van der Waals surface area contributed by atoms with Crippen LogP contribution in [0.5, 0.6) is 0 Å². The maximum atomic E-state index is 12.4. The van der Waals surface area contributed by atoms with Crippen LogP contribution in [-0.4, -0.2) is 24.4 Å². The lowest BCUT2D eigenvalue weighted by atomic mass is 10.1. The normalized spacial score (nSPS) is 19.8. The Hall–Kier alpha value is -1.17. The zero-order valence-corrected chi connectivity index (χ0v) is 12.1. The number of pyridine rings is 1. The van der Waals surface area contributed by atoms with E-state index in [0.717, 1.165) is 15.4 Å². The molecule has 2 heterocycles. The molecule has 100 valence electrons. The molecule has 0 saturated carbocycles. The van der Waals surface area contributed by atoms with E-state index in [0.29, 0.717) is 25.4 Å². The number of fused-ring (bicyclic) bond motifs is 1. The molecule has 19 heavy (non-hydrogen) atoms. The zero-order chi connectivity index (χ0) is 13.4. The van der Waals surface area contributed by atoms with E-state index in [1.54, 1.807) is 11.6 Å². The summed E-state index contributed by atoms with van der Waals surface area (Å²) >= 11 is 3.45. The molecule has 1 unspecified atom stereocenters. The average Bonchev–Trinajstić information content (AvgIpc) is 2.43. The standard InChI is InChI=1S/C14H14BrNO3/c1-16-12-3-2-10(15)6-9(12)7-11(14(16)17)13-8-18-4-5-19-13/h2-3,6-7,13H,4-5,8H2,1H3. The first kappa shape index (κ1) is 12.8. The van der Waals surface area contributed by atoms with Crippen molar-refractivity contribution in [2.75, 3.05) is 19.8 Å². The van der Waals surface area contributed by atoms with Gasteiger partial charge in [-0.15, -0.1) is 0 Å². The van der Waals surface area contributed by atoms with E-state index in [4.69, 9.17) is 9.47 Å². The van der Waals surface area contributed by atoms with Crippen LogP contribution in [0.15, 0.2) is 33.5 Å². The van der Waals surface area contributed by atoms with Crippen molar-refractivity contribution in [2.45, 2.75) is 6.10 Å². The smallest absolute Gasteiger partial charge is 0.256 e. The Kier molecular flexibility index (Phi) is 3.43. The summed E-state index contributed by atoms with van der Waals surface area (Å²) in [6.07, 6.45) is -0.268. The Morgan fingerprint density at radius 3 is 2.89 bits per heavy atom. The lowest BCUT2D eigenvalue weighted by Gasteiger charge is -2.23. The van der Waals surface area contributed by atoms with E-state index in [1.807, 2.05) is 24.3 Å². The molecule has 5 heteroatoms.